The predicted octanol–water partition coefficient (Wildman–Crippen LogP) is 1.59. The molecular formula is C5H6ClF2N3. The third kappa shape index (κ3) is 1.28. The number of aromatic nitrogens is 2. The largest absolute Gasteiger partial charge is 0.383 e. The molecule has 0 aliphatic carbocycles. The fraction of sp³-hybridized carbons (Fsp3) is 0.400. The van der Waals surface area contributed by atoms with Crippen LogP contribution in [0.3, 0.4) is 0 Å². The van der Waals surface area contributed by atoms with Crippen LogP contribution in [0.4, 0.5) is 14.6 Å². The van der Waals surface area contributed by atoms with E-state index in [1.165, 1.54) is 7.05 Å². The lowest BCUT2D eigenvalue weighted by molar-refractivity contribution is 0.145. The van der Waals surface area contributed by atoms with Gasteiger partial charge in [-0.3, -0.25) is 4.68 Å². The fourth-order valence-corrected chi connectivity index (χ4v) is 0.915. The maximum atomic E-state index is 12.0. The number of nitrogens with zero attached hydrogens (tertiary/aromatic N) is 2. The van der Waals surface area contributed by atoms with Gasteiger partial charge in [0.1, 0.15) is 16.5 Å². The molecule has 62 valence electrons. The molecule has 0 amide bonds. The number of anilines is 1. The lowest BCUT2D eigenvalue weighted by atomic mass is 10.4. The molecule has 0 spiro atoms. The zero-order chi connectivity index (χ0) is 8.59. The van der Waals surface area contributed by atoms with Crippen LogP contribution in [-0.2, 0) is 7.05 Å². The molecule has 0 radical (unpaired) electrons. The second kappa shape index (κ2) is 2.65. The minimum Gasteiger partial charge on any atom is -0.383 e. The van der Waals surface area contributed by atoms with Crippen LogP contribution in [0.25, 0.3) is 0 Å². The molecule has 0 aliphatic rings. The van der Waals surface area contributed by atoms with Crippen LogP contribution >= 0.6 is 11.6 Å². The summed E-state index contributed by atoms with van der Waals surface area (Å²) in [5.41, 5.74) is 4.81. The van der Waals surface area contributed by atoms with Crippen LogP contribution in [0, 0.1) is 0 Å². The van der Waals surface area contributed by atoms with Gasteiger partial charge in [0, 0.05) is 7.05 Å². The van der Waals surface area contributed by atoms with Gasteiger partial charge < -0.3 is 5.73 Å². The molecule has 0 aromatic carbocycles. The van der Waals surface area contributed by atoms with Crippen molar-refractivity contribution in [3.63, 3.8) is 0 Å². The van der Waals surface area contributed by atoms with E-state index in [2.05, 4.69) is 5.10 Å². The Bertz CT molecular complexity index is 271. The minimum absolute atomic E-state index is 0.0574. The van der Waals surface area contributed by atoms with E-state index in [1.54, 1.807) is 0 Å². The molecule has 0 atom stereocenters. The molecule has 1 aromatic rings. The first-order chi connectivity index (χ1) is 5.04. The van der Waals surface area contributed by atoms with Gasteiger partial charge in [-0.2, -0.15) is 5.10 Å². The van der Waals surface area contributed by atoms with E-state index in [1.807, 2.05) is 0 Å². The van der Waals surface area contributed by atoms with E-state index < -0.39 is 12.1 Å². The smallest absolute Gasteiger partial charge is 0.283 e. The van der Waals surface area contributed by atoms with Crippen molar-refractivity contribution in [3.8, 4) is 0 Å². The van der Waals surface area contributed by atoms with Crippen LogP contribution < -0.4 is 5.73 Å². The van der Waals surface area contributed by atoms with Gasteiger partial charge in [0.2, 0.25) is 0 Å². The maximum Gasteiger partial charge on any atom is 0.283 e. The molecule has 0 fully saturated rings. The summed E-state index contributed by atoms with van der Waals surface area (Å²) in [5.74, 6) is 0.0574. The number of nitrogens with two attached hydrogens (primary N) is 1. The highest BCUT2D eigenvalue weighted by molar-refractivity contribution is 6.33. The first-order valence-electron chi connectivity index (χ1n) is 2.80. The molecule has 1 rings (SSSR count). The highest BCUT2D eigenvalue weighted by Crippen LogP contribution is 2.29. The molecule has 1 aromatic heterocycles. The number of alkyl halides is 2. The van der Waals surface area contributed by atoms with Crippen molar-refractivity contribution in [3.05, 3.63) is 10.7 Å². The average molecular weight is 182 g/mol. The highest BCUT2D eigenvalue weighted by Gasteiger charge is 2.19. The van der Waals surface area contributed by atoms with E-state index in [4.69, 9.17) is 17.3 Å². The number of hydrogen-bond donors (Lipinski definition) is 1. The molecule has 0 saturated carbocycles. The van der Waals surface area contributed by atoms with Crippen molar-refractivity contribution < 1.29 is 8.78 Å². The standard InChI is InChI=1S/C5H6ClF2N3/c1-11-5(9)2(6)3(10-11)4(7)8/h4H,9H2,1H3. The monoisotopic (exact) mass is 181 g/mol. The Balaban J connectivity index is 3.19. The summed E-state index contributed by atoms with van der Waals surface area (Å²) in [6.07, 6.45) is -2.68. The van der Waals surface area contributed by atoms with Gasteiger partial charge in [0.25, 0.3) is 6.43 Å². The van der Waals surface area contributed by atoms with Gasteiger partial charge in [-0.05, 0) is 0 Å². The first kappa shape index (κ1) is 8.26. The Hall–Kier alpha value is -0.840. The Morgan fingerprint density at radius 3 is 2.36 bits per heavy atom. The van der Waals surface area contributed by atoms with Gasteiger partial charge in [-0.25, -0.2) is 8.78 Å². The second-order valence-corrected chi connectivity index (χ2v) is 2.39. The van der Waals surface area contributed by atoms with Crippen LogP contribution in [-0.4, -0.2) is 9.78 Å². The van der Waals surface area contributed by atoms with Crippen LogP contribution in [0.5, 0.6) is 0 Å². The second-order valence-electron chi connectivity index (χ2n) is 2.01. The molecule has 2 N–H and O–H groups in total. The van der Waals surface area contributed by atoms with Crippen LogP contribution in [0.15, 0.2) is 0 Å². The summed E-state index contributed by atoms with van der Waals surface area (Å²) >= 11 is 5.42. The lowest BCUT2D eigenvalue weighted by Crippen LogP contribution is -1.97. The molecule has 1 heterocycles. The zero-order valence-corrected chi connectivity index (χ0v) is 6.44. The third-order valence-electron chi connectivity index (χ3n) is 1.26. The van der Waals surface area contributed by atoms with Crippen molar-refractivity contribution in [1.29, 1.82) is 0 Å². The van der Waals surface area contributed by atoms with E-state index >= 15 is 0 Å². The Morgan fingerprint density at radius 2 is 2.18 bits per heavy atom. The molecule has 6 heteroatoms. The quantitative estimate of drug-likeness (QED) is 0.715. The molecule has 0 unspecified atom stereocenters. The predicted molar refractivity (Wildman–Crippen MR) is 37.6 cm³/mol. The van der Waals surface area contributed by atoms with Gasteiger partial charge in [-0.15, -0.1) is 0 Å². The Kier molecular flexibility index (Phi) is 1.99. The van der Waals surface area contributed by atoms with Crippen LogP contribution in [0.2, 0.25) is 5.02 Å². The molecule has 0 aliphatic heterocycles. The summed E-state index contributed by atoms with van der Waals surface area (Å²) in [6.45, 7) is 0. The molecular weight excluding hydrogens is 176 g/mol. The fourth-order valence-electron chi connectivity index (χ4n) is 0.672. The molecule has 11 heavy (non-hydrogen) atoms. The minimum atomic E-state index is -2.68. The SMILES string of the molecule is Cn1nc(C(F)F)c(Cl)c1N. The van der Waals surface area contributed by atoms with Gasteiger partial charge >= 0.3 is 0 Å². The summed E-state index contributed by atoms with van der Waals surface area (Å²) in [5, 5.41) is 3.25. The lowest BCUT2D eigenvalue weighted by Gasteiger charge is -1.90. The summed E-state index contributed by atoms with van der Waals surface area (Å²) in [4.78, 5) is 0. The van der Waals surface area contributed by atoms with Crippen molar-refractivity contribution in [2.45, 2.75) is 6.43 Å². The molecule has 3 nitrogen and oxygen atoms in total. The number of aryl methyl sites for hydroxylation is 1. The zero-order valence-electron chi connectivity index (χ0n) is 5.68. The first-order valence-corrected chi connectivity index (χ1v) is 3.18. The number of halogens is 3. The van der Waals surface area contributed by atoms with Gasteiger partial charge in [0.15, 0.2) is 0 Å². The van der Waals surface area contributed by atoms with Crippen LogP contribution in [0.1, 0.15) is 12.1 Å². The van der Waals surface area contributed by atoms with Gasteiger partial charge in [-0.1, -0.05) is 11.6 Å². The highest BCUT2D eigenvalue weighted by atomic mass is 35.5. The number of rotatable bonds is 1. The van der Waals surface area contributed by atoms with Gasteiger partial charge in [0.05, 0.1) is 0 Å². The van der Waals surface area contributed by atoms with E-state index in [9.17, 15) is 8.78 Å². The number of hydrogen-bond acceptors (Lipinski definition) is 2. The van der Waals surface area contributed by atoms with E-state index in [-0.39, 0.29) is 10.8 Å². The maximum absolute atomic E-state index is 12.0. The third-order valence-corrected chi connectivity index (χ3v) is 1.65. The Morgan fingerprint density at radius 1 is 1.64 bits per heavy atom. The van der Waals surface area contributed by atoms with E-state index in [0.717, 1.165) is 4.68 Å². The number of nitrogen functional groups attached to an aromatic ring is 1. The average Bonchev–Trinajstić information content (AvgIpc) is 2.17. The van der Waals surface area contributed by atoms with Crippen molar-refractivity contribution in [2.75, 3.05) is 5.73 Å². The van der Waals surface area contributed by atoms with Crippen molar-refractivity contribution >= 4 is 17.4 Å². The summed E-state index contributed by atoms with van der Waals surface area (Å²) in [7, 11) is 1.45. The molecule has 0 bridgehead atoms. The normalized spacial score (nSPS) is 11.0. The molecule has 0 saturated heterocycles. The van der Waals surface area contributed by atoms with E-state index in [0.29, 0.717) is 0 Å². The summed E-state index contributed by atoms with van der Waals surface area (Å²) in [6, 6.07) is 0. The topological polar surface area (TPSA) is 43.8 Å². The Labute approximate surface area is 66.7 Å². The summed E-state index contributed by atoms with van der Waals surface area (Å²) < 4.78 is 25.1. The van der Waals surface area contributed by atoms with Crippen molar-refractivity contribution in [2.24, 2.45) is 7.05 Å². The van der Waals surface area contributed by atoms with Crippen molar-refractivity contribution in [1.82, 2.24) is 9.78 Å².